The molecule has 52 valence electrons. The zero-order valence-corrected chi connectivity index (χ0v) is 7.74. The first-order chi connectivity index (χ1) is 4.74. The molecular formula is C6H5BrN2S. The van der Waals surface area contributed by atoms with Gasteiger partial charge in [-0.3, -0.25) is 0 Å². The van der Waals surface area contributed by atoms with Gasteiger partial charge in [-0.1, -0.05) is 15.9 Å². The molecule has 1 aromatic heterocycles. The fourth-order valence-corrected chi connectivity index (χ4v) is 1.61. The molecule has 0 radical (unpaired) electrons. The maximum absolute atomic E-state index is 8.47. The van der Waals surface area contributed by atoms with Crippen LogP contribution in [0.4, 0.5) is 0 Å². The molecule has 0 aliphatic rings. The van der Waals surface area contributed by atoms with Crippen molar-refractivity contribution in [3.05, 3.63) is 16.1 Å². The van der Waals surface area contributed by atoms with E-state index in [4.69, 9.17) is 5.26 Å². The number of rotatable bonds is 1. The average molecular weight is 217 g/mol. The molecule has 0 aliphatic carbocycles. The zero-order chi connectivity index (χ0) is 7.56. The van der Waals surface area contributed by atoms with Crippen molar-refractivity contribution < 1.29 is 0 Å². The van der Waals surface area contributed by atoms with Crippen LogP contribution in [-0.2, 0) is 0 Å². The number of thiazole rings is 1. The zero-order valence-electron chi connectivity index (χ0n) is 5.34. The van der Waals surface area contributed by atoms with Crippen molar-refractivity contribution in [2.24, 2.45) is 0 Å². The van der Waals surface area contributed by atoms with Gasteiger partial charge in [-0.25, -0.2) is 4.98 Å². The summed E-state index contributed by atoms with van der Waals surface area (Å²) < 4.78 is 0. The Morgan fingerprint density at radius 1 is 1.90 bits per heavy atom. The summed E-state index contributed by atoms with van der Waals surface area (Å²) in [5.41, 5.74) is 0.810. The maximum atomic E-state index is 8.47. The van der Waals surface area contributed by atoms with Gasteiger partial charge in [-0.15, -0.1) is 11.3 Å². The van der Waals surface area contributed by atoms with Crippen molar-refractivity contribution >= 4 is 27.3 Å². The monoisotopic (exact) mass is 216 g/mol. The van der Waals surface area contributed by atoms with Crippen molar-refractivity contribution in [3.63, 3.8) is 0 Å². The second-order valence-electron chi connectivity index (χ2n) is 1.78. The molecule has 1 rings (SSSR count). The van der Waals surface area contributed by atoms with Crippen molar-refractivity contribution in [1.29, 1.82) is 5.26 Å². The predicted molar refractivity (Wildman–Crippen MR) is 44.1 cm³/mol. The van der Waals surface area contributed by atoms with Crippen LogP contribution in [0, 0.1) is 18.3 Å². The van der Waals surface area contributed by atoms with Gasteiger partial charge in [0.1, 0.15) is 4.83 Å². The van der Waals surface area contributed by atoms with Gasteiger partial charge in [0.2, 0.25) is 0 Å². The molecule has 0 amide bonds. The number of hydrogen-bond acceptors (Lipinski definition) is 3. The number of hydrogen-bond donors (Lipinski definition) is 0. The van der Waals surface area contributed by atoms with Crippen LogP contribution in [0.25, 0.3) is 0 Å². The summed E-state index contributed by atoms with van der Waals surface area (Å²) in [7, 11) is 0. The van der Waals surface area contributed by atoms with Crippen LogP contribution in [0.15, 0.2) is 5.38 Å². The van der Waals surface area contributed by atoms with Crippen LogP contribution in [0.1, 0.15) is 15.5 Å². The van der Waals surface area contributed by atoms with Crippen LogP contribution < -0.4 is 0 Å². The van der Waals surface area contributed by atoms with Gasteiger partial charge < -0.3 is 0 Å². The summed E-state index contributed by atoms with van der Waals surface area (Å²) in [4.78, 5) is 3.88. The quantitative estimate of drug-likeness (QED) is 0.677. The molecule has 0 saturated carbocycles. The van der Waals surface area contributed by atoms with Gasteiger partial charge in [0, 0.05) is 5.38 Å². The van der Waals surface area contributed by atoms with Gasteiger partial charge in [0.15, 0.2) is 0 Å². The molecule has 0 saturated heterocycles. The van der Waals surface area contributed by atoms with E-state index in [0.29, 0.717) is 0 Å². The van der Waals surface area contributed by atoms with E-state index in [1.165, 1.54) is 0 Å². The van der Waals surface area contributed by atoms with Crippen LogP contribution in [-0.4, -0.2) is 4.98 Å². The first-order valence-corrected chi connectivity index (χ1v) is 4.49. The molecule has 0 aromatic carbocycles. The third kappa shape index (κ3) is 1.55. The SMILES string of the molecule is Cc1nc([C@H](Br)C#N)cs1. The van der Waals surface area contributed by atoms with Crippen molar-refractivity contribution in [1.82, 2.24) is 4.98 Å². The predicted octanol–water partition coefficient (Wildman–Crippen LogP) is 2.41. The molecule has 0 unspecified atom stereocenters. The second-order valence-corrected chi connectivity index (χ2v) is 3.76. The Hall–Kier alpha value is -0.400. The molecule has 4 heteroatoms. The third-order valence-corrected chi connectivity index (χ3v) is 2.48. The highest BCUT2D eigenvalue weighted by Crippen LogP contribution is 2.22. The summed E-state index contributed by atoms with van der Waals surface area (Å²) in [6, 6.07) is 2.06. The van der Waals surface area contributed by atoms with E-state index in [1.807, 2.05) is 12.3 Å². The normalized spacial score (nSPS) is 12.5. The van der Waals surface area contributed by atoms with E-state index in [1.54, 1.807) is 11.3 Å². The molecule has 0 spiro atoms. The molecule has 0 N–H and O–H groups in total. The molecular weight excluding hydrogens is 212 g/mol. The van der Waals surface area contributed by atoms with E-state index < -0.39 is 0 Å². The van der Waals surface area contributed by atoms with Gasteiger partial charge in [0.25, 0.3) is 0 Å². The van der Waals surface area contributed by atoms with Crippen LogP contribution in [0.3, 0.4) is 0 Å². The Kier molecular flexibility index (Phi) is 2.41. The third-order valence-electron chi connectivity index (χ3n) is 1.01. The first-order valence-electron chi connectivity index (χ1n) is 2.69. The summed E-state index contributed by atoms with van der Waals surface area (Å²) in [5.74, 6) is 0. The van der Waals surface area contributed by atoms with Crippen LogP contribution in [0.5, 0.6) is 0 Å². The fourth-order valence-electron chi connectivity index (χ4n) is 0.563. The Morgan fingerprint density at radius 3 is 3.00 bits per heavy atom. The number of nitriles is 1. The highest BCUT2D eigenvalue weighted by Gasteiger charge is 2.07. The Balaban J connectivity index is 2.87. The molecule has 1 heterocycles. The molecule has 0 fully saturated rings. The molecule has 2 nitrogen and oxygen atoms in total. The topological polar surface area (TPSA) is 36.7 Å². The largest absolute Gasteiger partial charge is 0.244 e. The Labute approximate surface area is 71.6 Å². The van der Waals surface area contributed by atoms with Crippen LogP contribution in [0.2, 0.25) is 0 Å². The molecule has 10 heavy (non-hydrogen) atoms. The minimum Gasteiger partial charge on any atom is -0.244 e. The fraction of sp³-hybridized carbons (Fsp3) is 0.333. The molecule has 0 aliphatic heterocycles. The summed E-state index contributed by atoms with van der Waals surface area (Å²) >= 11 is 4.74. The Morgan fingerprint density at radius 2 is 2.60 bits per heavy atom. The lowest BCUT2D eigenvalue weighted by atomic mass is 10.4. The Bertz CT molecular complexity index is 263. The van der Waals surface area contributed by atoms with Gasteiger partial charge >= 0.3 is 0 Å². The molecule has 1 aromatic rings. The maximum Gasteiger partial charge on any atom is 0.144 e. The van der Waals surface area contributed by atoms with Crippen LogP contribution >= 0.6 is 27.3 Å². The first kappa shape index (κ1) is 7.70. The minimum absolute atomic E-state index is 0.252. The standard InChI is InChI=1S/C6H5BrN2S/c1-4-9-6(3-10-4)5(7)2-8/h3,5H,1H3/t5-/m1/s1. The van der Waals surface area contributed by atoms with E-state index in [0.717, 1.165) is 10.7 Å². The van der Waals surface area contributed by atoms with E-state index in [-0.39, 0.29) is 4.83 Å². The lowest BCUT2D eigenvalue weighted by molar-refractivity contribution is 1.11. The second kappa shape index (κ2) is 3.13. The average Bonchev–Trinajstić information content (AvgIpc) is 2.34. The smallest absolute Gasteiger partial charge is 0.144 e. The summed E-state index contributed by atoms with van der Waals surface area (Å²) in [6.45, 7) is 1.92. The lowest BCUT2D eigenvalue weighted by Gasteiger charge is -1.90. The molecule has 0 bridgehead atoms. The van der Waals surface area contributed by atoms with E-state index in [9.17, 15) is 0 Å². The number of halogens is 1. The number of aromatic nitrogens is 1. The van der Waals surface area contributed by atoms with Crippen molar-refractivity contribution in [3.8, 4) is 6.07 Å². The highest BCUT2D eigenvalue weighted by atomic mass is 79.9. The van der Waals surface area contributed by atoms with E-state index >= 15 is 0 Å². The van der Waals surface area contributed by atoms with Gasteiger partial charge in [-0.2, -0.15) is 5.26 Å². The minimum atomic E-state index is -0.252. The number of alkyl halides is 1. The van der Waals surface area contributed by atoms with Gasteiger partial charge in [-0.05, 0) is 6.92 Å². The summed E-state index contributed by atoms with van der Waals surface area (Å²) in [5, 5.41) is 11.3. The van der Waals surface area contributed by atoms with Crippen molar-refractivity contribution in [2.75, 3.05) is 0 Å². The summed E-state index contributed by atoms with van der Waals surface area (Å²) in [6.07, 6.45) is 0. The lowest BCUT2D eigenvalue weighted by Crippen LogP contribution is -1.84. The van der Waals surface area contributed by atoms with E-state index in [2.05, 4.69) is 27.0 Å². The highest BCUT2D eigenvalue weighted by molar-refractivity contribution is 9.09. The number of nitrogens with zero attached hydrogens (tertiary/aromatic N) is 2. The number of aryl methyl sites for hydroxylation is 1. The van der Waals surface area contributed by atoms with Gasteiger partial charge in [0.05, 0.1) is 16.8 Å². The van der Waals surface area contributed by atoms with Crippen molar-refractivity contribution in [2.45, 2.75) is 11.8 Å². The molecule has 1 atom stereocenters.